The molecule has 0 aliphatic rings. The van der Waals surface area contributed by atoms with Crippen molar-refractivity contribution in [2.24, 2.45) is 0 Å². The number of hydrogen-bond acceptors (Lipinski definition) is 3. The van der Waals surface area contributed by atoms with Gasteiger partial charge in [-0.2, -0.15) is 0 Å². The summed E-state index contributed by atoms with van der Waals surface area (Å²) < 4.78 is 0. The van der Waals surface area contributed by atoms with Gasteiger partial charge in [-0.15, -0.1) is 5.46 Å². The molecule has 0 fully saturated rings. The predicted octanol–water partition coefficient (Wildman–Crippen LogP) is 6.37. The minimum atomic E-state index is 0.646. The van der Waals surface area contributed by atoms with Crippen LogP contribution in [-0.2, 0) is 0 Å². The van der Waals surface area contributed by atoms with Crippen LogP contribution < -0.4 is 21.9 Å². The molecule has 268 valence electrons. The number of fused-ring (bicyclic) bond motifs is 3. The lowest BCUT2D eigenvalue weighted by atomic mass is 9.62. The van der Waals surface area contributed by atoms with E-state index < -0.39 is 0 Å². The van der Waals surface area contributed by atoms with Gasteiger partial charge in [0.15, 0.2) is 17.5 Å². The third kappa shape index (κ3) is 6.02. The Balaban J connectivity index is 1.23. The number of benzene rings is 9. The fraction of sp³-hybridized carbons (Fsp3) is 0. The largest absolute Gasteiger partial charge is 0.208 e. The van der Waals surface area contributed by atoms with E-state index in [9.17, 15) is 0 Å². The normalized spacial score (nSPS) is 11.4. The Morgan fingerprint density at radius 3 is 1.62 bits per heavy atom. The maximum Gasteiger partial charge on any atom is 0.164 e. The van der Waals surface area contributed by atoms with Crippen molar-refractivity contribution >= 4 is 85.6 Å². The first-order valence-corrected chi connectivity index (χ1v) is 20.0. The van der Waals surface area contributed by atoms with Gasteiger partial charge in [-0.25, -0.2) is 15.0 Å². The zero-order valence-electron chi connectivity index (χ0n) is 33.1. The molecule has 0 saturated heterocycles. The van der Waals surface area contributed by atoms with E-state index in [1.165, 1.54) is 65.6 Å². The standard InChI is InChI=1S/C51H37B4N3/c52-45-43(41-26-12-24-37-36(22-11-25-39(37)41)31-14-2-1-3-15-31)46(53)48(55)47(54)44(45)51-57-49(34-28-27-30-13-4-5-17-33(30)29-34)56-50(58-51)42-21-9-8-20-40(42)38-23-10-18-32-16-6-7-19-35(32)38/h1-29H,52-55H2. The summed E-state index contributed by atoms with van der Waals surface area (Å²) in [6.07, 6.45) is 0. The second-order valence-corrected chi connectivity index (χ2v) is 15.3. The lowest BCUT2D eigenvalue weighted by molar-refractivity contribution is 1.08. The van der Waals surface area contributed by atoms with E-state index in [1.807, 2.05) is 0 Å². The lowest BCUT2D eigenvalue weighted by Crippen LogP contribution is -2.46. The highest BCUT2D eigenvalue weighted by atomic mass is 15.0. The topological polar surface area (TPSA) is 38.7 Å². The van der Waals surface area contributed by atoms with Crippen molar-refractivity contribution in [1.29, 1.82) is 0 Å². The van der Waals surface area contributed by atoms with Crippen molar-refractivity contribution in [3.63, 3.8) is 0 Å². The molecule has 0 saturated carbocycles. The highest BCUT2D eigenvalue weighted by Gasteiger charge is 2.23. The number of aromatic nitrogens is 3. The van der Waals surface area contributed by atoms with Crippen LogP contribution in [-0.4, -0.2) is 46.3 Å². The molecule has 0 radical (unpaired) electrons. The molecule has 0 atom stereocenters. The molecule has 0 bridgehead atoms. The van der Waals surface area contributed by atoms with Gasteiger partial charge in [0.2, 0.25) is 0 Å². The van der Waals surface area contributed by atoms with Gasteiger partial charge >= 0.3 is 0 Å². The van der Waals surface area contributed by atoms with Gasteiger partial charge in [0.05, 0.1) is 0 Å². The molecule has 10 rings (SSSR count). The molecule has 0 amide bonds. The molecule has 3 nitrogen and oxygen atoms in total. The van der Waals surface area contributed by atoms with Crippen molar-refractivity contribution in [2.45, 2.75) is 0 Å². The van der Waals surface area contributed by atoms with E-state index in [1.54, 1.807) is 0 Å². The SMILES string of the molecule is Bc1c(B)c(-c2nc(-c3ccc4ccccc4c3)nc(-c3ccccc3-c3cccc4ccccc34)n2)c(B)c(-c2cccc3c(-c4ccccc4)cccc23)c1B. The summed E-state index contributed by atoms with van der Waals surface area (Å²) >= 11 is 0. The van der Waals surface area contributed by atoms with Crippen LogP contribution in [0.15, 0.2) is 176 Å². The van der Waals surface area contributed by atoms with Crippen LogP contribution in [0.4, 0.5) is 0 Å². The predicted molar refractivity (Wildman–Crippen MR) is 258 cm³/mol. The second-order valence-electron chi connectivity index (χ2n) is 15.3. The lowest BCUT2D eigenvalue weighted by Gasteiger charge is -2.23. The Kier molecular flexibility index (Phi) is 8.87. The maximum atomic E-state index is 5.45. The Labute approximate surface area is 342 Å². The van der Waals surface area contributed by atoms with Crippen molar-refractivity contribution in [2.75, 3.05) is 0 Å². The van der Waals surface area contributed by atoms with Gasteiger partial charge in [0.1, 0.15) is 31.4 Å². The molecule has 1 aromatic heterocycles. The molecule has 7 heteroatoms. The molecule has 0 aliphatic carbocycles. The van der Waals surface area contributed by atoms with E-state index in [-0.39, 0.29) is 0 Å². The van der Waals surface area contributed by atoms with Crippen LogP contribution >= 0.6 is 0 Å². The zero-order valence-corrected chi connectivity index (χ0v) is 33.1. The number of rotatable bonds is 6. The monoisotopic (exact) mass is 735 g/mol. The van der Waals surface area contributed by atoms with Crippen LogP contribution in [0.5, 0.6) is 0 Å². The molecule has 1 heterocycles. The van der Waals surface area contributed by atoms with Crippen molar-refractivity contribution in [3.05, 3.63) is 176 Å². The van der Waals surface area contributed by atoms with E-state index in [0.717, 1.165) is 38.7 Å². The number of nitrogens with zero attached hydrogens (tertiary/aromatic N) is 3. The van der Waals surface area contributed by atoms with Gasteiger partial charge in [-0.1, -0.05) is 186 Å². The van der Waals surface area contributed by atoms with Crippen molar-refractivity contribution < 1.29 is 0 Å². The zero-order chi connectivity index (χ0) is 39.3. The molecule has 0 unspecified atom stereocenters. The Bertz CT molecular complexity index is 3230. The van der Waals surface area contributed by atoms with E-state index in [0.29, 0.717) is 17.5 Å². The minimum Gasteiger partial charge on any atom is -0.208 e. The molecule has 0 N–H and O–H groups in total. The molecular formula is C51H37B4N3. The summed E-state index contributed by atoms with van der Waals surface area (Å²) in [7, 11) is 8.95. The summed E-state index contributed by atoms with van der Waals surface area (Å²) in [4.78, 5) is 16.1. The van der Waals surface area contributed by atoms with Crippen molar-refractivity contribution in [3.8, 4) is 67.5 Å². The highest BCUT2D eigenvalue weighted by Crippen LogP contribution is 2.37. The fourth-order valence-corrected chi connectivity index (χ4v) is 8.92. The van der Waals surface area contributed by atoms with Gasteiger partial charge < -0.3 is 0 Å². The van der Waals surface area contributed by atoms with Gasteiger partial charge in [-0.3, -0.25) is 0 Å². The first kappa shape index (κ1) is 35.4. The molecular weight excluding hydrogens is 698 g/mol. The van der Waals surface area contributed by atoms with Crippen molar-refractivity contribution in [1.82, 2.24) is 15.0 Å². The summed E-state index contributed by atoms with van der Waals surface area (Å²) in [5.74, 6) is 1.97. The molecule has 9 aromatic carbocycles. The van der Waals surface area contributed by atoms with Crippen LogP contribution in [0.3, 0.4) is 0 Å². The third-order valence-electron chi connectivity index (χ3n) is 12.0. The van der Waals surface area contributed by atoms with E-state index >= 15 is 0 Å². The Morgan fingerprint density at radius 1 is 0.276 bits per heavy atom. The maximum absolute atomic E-state index is 5.45. The summed E-state index contributed by atoms with van der Waals surface area (Å²) in [6.45, 7) is 0. The highest BCUT2D eigenvalue weighted by molar-refractivity contribution is 6.63. The quantitative estimate of drug-likeness (QED) is 0.187. The molecule has 0 aliphatic heterocycles. The summed E-state index contributed by atoms with van der Waals surface area (Å²) in [6, 6.07) is 62.6. The number of hydrogen-bond donors (Lipinski definition) is 0. The first-order chi connectivity index (χ1) is 28.4. The summed E-state index contributed by atoms with van der Waals surface area (Å²) in [5.41, 5.74) is 14.9. The average molecular weight is 735 g/mol. The van der Waals surface area contributed by atoms with Gasteiger partial charge in [-0.05, 0) is 71.8 Å². The second kappa shape index (κ2) is 14.5. The third-order valence-corrected chi connectivity index (χ3v) is 12.0. The van der Waals surface area contributed by atoms with Gasteiger partial charge in [0, 0.05) is 16.7 Å². The van der Waals surface area contributed by atoms with Crippen LogP contribution in [0.2, 0.25) is 0 Å². The molecule has 58 heavy (non-hydrogen) atoms. The van der Waals surface area contributed by atoms with Crippen LogP contribution in [0.1, 0.15) is 0 Å². The first-order valence-electron chi connectivity index (χ1n) is 20.0. The average Bonchev–Trinajstić information content (AvgIpc) is 3.28. The Hall–Kier alpha value is -6.97. The van der Waals surface area contributed by atoms with Crippen LogP contribution in [0.25, 0.3) is 99.9 Å². The van der Waals surface area contributed by atoms with E-state index in [4.69, 9.17) is 15.0 Å². The van der Waals surface area contributed by atoms with Crippen LogP contribution in [0, 0.1) is 0 Å². The Morgan fingerprint density at radius 2 is 0.810 bits per heavy atom. The molecule has 10 aromatic rings. The molecule has 0 spiro atoms. The van der Waals surface area contributed by atoms with Gasteiger partial charge in [0.25, 0.3) is 0 Å². The fourth-order valence-electron chi connectivity index (χ4n) is 8.92. The minimum absolute atomic E-state index is 0.646. The smallest absolute Gasteiger partial charge is 0.164 e. The van der Waals surface area contributed by atoms with E-state index in [2.05, 4.69) is 207 Å². The summed E-state index contributed by atoms with van der Waals surface area (Å²) in [5, 5.41) is 7.17.